The van der Waals surface area contributed by atoms with Gasteiger partial charge in [-0.2, -0.15) is 0 Å². The number of carbonyl (C=O) groups excluding carboxylic acids is 1. The molecule has 0 rings (SSSR count). The maximum atomic E-state index is 11.0. The summed E-state index contributed by atoms with van der Waals surface area (Å²) in [4.78, 5) is 11.0. The number of carbonyl (C=O) groups is 1. The molecule has 0 fully saturated rings. The molecule has 10 heavy (non-hydrogen) atoms. The second-order valence-electron chi connectivity index (χ2n) is 3.61. The molecule has 1 unspecified atom stereocenters. The van der Waals surface area contributed by atoms with Crippen molar-refractivity contribution in [3.63, 3.8) is 0 Å². The van der Waals surface area contributed by atoms with Crippen molar-refractivity contribution in [2.45, 2.75) is 25.8 Å². The molecule has 0 aliphatic heterocycles. The van der Waals surface area contributed by atoms with Gasteiger partial charge in [0.05, 0.1) is 13.0 Å². The lowest BCUT2D eigenvalue weighted by Gasteiger charge is -2.24. The molecule has 0 aliphatic carbocycles. The van der Waals surface area contributed by atoms with Gasteiger partial charge in [0.1, 0.15) is 0 Å². The van der Waals surface area contributed by atoms with Crippen LogP contribution in [0.15, 0.2) is 0 Å². The van der Waals surface area contributed by atoms with Gasteiger partial charge in [-0.15, -0.1) is 0 Å². The molecule has 0 radical (unpaired) electrons. The molecule has 0 heterocycles. The van der Waals surface area contributed by atoms with E-state index in [0.29, 0.717) is 0 Å². The lowest BCUT2D eigenvalue weighted by molar-refractivity contribution is -0.145. The molecule has 0 aliphatic rings. The van der Waals surface area contributed by atoms with Crippen LogP contribution in [0.3, 0.4) is 0 Å². The van der Waals surface area contributed by atoms with Gasteiger partial charge >= 0.3 is 5.97 Å². The standard InChI is InChI=1S/C7H16O2Si/c1-5(6(8)9-4)7(2,3)10/h5H,1-4,10H3. The largest absolute Gasteiger partial charge is 0.469 e. The fourth-order valence-electron chi connectivity index (χ4n) is 0.530. The first-order valence-corrected chi connectivity index (χ1v) is 4.47. The van der Waals surface area contributed by atoms with E-state index in [9.17, 15) is 4.79 Å². The molecule has 0 aromatic heterocycles. The SMILES string of the molecule is COC(=O)C(C)C(C)(C)[SiH3]. The summed E-state index contributed by atoms with van der Waals surface area (Å²) in [6.45, 7) is 6.08. The zero-order valence-corrected chi connectivity index (χ0v) is 9.39. The number of hydrogen-bond donors (Lipinski definition) is 0. The molecule has 0 amide bonds. The van der Waals surface area contributed by atoms with Crippen LogP contribution in [0, 0.1) is 5.92 Å². The zero-order chi connectivity index (χ0) is 8.36. The van der Waals surface area contributed by atoms with Crippen molar-refractivity contribution < 1.29 is 9.53 Å². The Morgan fingerprint density at radius 1 is 1.60 bits per heavy atom. The molecule has 2 nitrogen and oxygen atoms in total. The van der Waals surface area contributed by atoms with Crippen LogP contribution in [-0.2, 0) is 9.53 Å². The Labute approximate surface area is 65.4 Å². The Hall–Kier alpha value is -0.313. The van der Waals surface area contributed by atoms with Gasteiger partial charge in [-0.1, -0.05) is 20.8 Å². The van der Waals surface area contributed by atoms with E-state index in [0.717, 1.165) is 10.2 Å². The smallest absolute Gasteiger partial charge is 0.308 e. The van der Waals surface area contributed by atoms with Crippen molar-refractivity contribution in [2.75, 3.05) is 7.11 Å². The number of ether oxygens (including phenoxy) is 1. The maximum Gasteiger partial charge on any atom is 0.308 e. The van der Waals surface area contributed by atoms with Crippen LogP contribution < -0.4 is 0 Å². The molecule has 0 bridgehead atoms. The summed E-state index contributed by atoms with van der Waals surface area (Å²) < 4.78 is 4.62. The fourth-order valence-corrected chi connectivity index (χ4v) is 0.766. The van der Waals surface area contributed by atoms with Crippen LogP contribution in [0.2, 0.25) is 5.04 Å². The first kappa shape index (κ1) is 9.69. The minimum absolute atomic E-state index is 0.0316. The summed E-state index contributed by atoms with van der Waals surface area (Å²) in [7, 11) is 2.45. The monoisotopic (exact) mass is 160 g/mol. The van der Waals surface area contributed by atoms with Gasteiger partial charge in [-0.25, -0.2) is 0 Å². The van der Waals surface area contributed by atoms with E-state index in [1.54, 1.807) is 0 Å². The van der Waals surface area contributed by atoms with Crippen LogP contribution in [0.25, 0.3) is 0 Å². The second-order valence-corrected chi connectivity index (χ2v) is 6.19. The predicted molar refractivity (Wildman–Crippen MR) is 45.2 cm³/mol. The third-order valence-electron chi connectivity index (χ3n) is 1.85. The molecule has 60 valence electrons. The van der Waals surface area contributed by atoms with Crippen molar-refractivity contribution in [1.82, 2.24) is 0 Å². The Kier molecular flexibility index (Phi) is 3.09. The zero-order valence-electron chi connectivity index (χ0n) is 7.39. The van der Waals surface area contributed by atoms with Crippen LogP contribution >= 0.6 is 0 Å². The highest BCUT2D eigenvalue weighted by atomic mass is 28.1. The van der Waals surface area contributed by atoms with Gasteiger partial charge in [-0.05, 0) is 5.04 Å². The van der Waals surface area contributed by atoms with Crippen molar-refractivity contribution in [3.8, 4) is 0 Å². The summed E-state index contributed by atoms with van der Waals surface area (Å²) in [5.41, 5.74) is 0. The van der Waals surface area contributed by atoms with E-state index in [4.69, 9.17) is 0 Å². The lowest BCUT2D eigenvalue weighted by atomic mass is 9.97. The van der Waals surface area contributed by atoms with Crippen LogP contribution in [0.4, 0.5) is 0 Å². The molecular weight excluding hydrogens is 144 g/mol. The van der Waals surface area contributed by atoms with Gasteiger partial charge in [0.2, 0.25) is 0 Å². The van der Waals surface area contributed by atoms with Gasteiger partial charge in [0.25, 0.3) is 0 Å². The van der Waals surface area contributed by atoms with E-state index in [2.05, 4.69) is 18.6 Å². The van der Waals surface area contributed by atoms with Crippen LogP contribution in [0.5, 0.6) is 0 Å². The maximum absolute atomic E-state index is 11.0. The fraction of sp³-hybridized carbons (Fsp3) is 0.857. The number of esters is 1. The number of hydrogen-bond acceptors (Lipinski definition) is 2. The first-order valence-electron chi connectivity index (χ1n) is 3.47. The van der Waals surface area contributed by atoms with Crippen molar-refractivity contribution in [2.24, 2.45) is 5.92 Å². The Balaban J connectivity index is 4.08. The quantitative estimate of drug-likeness (QED) is 0.431. The summed E-state index contributed by atoms with van der Waals surface area (Å²) in [6, 6.07) is 0. The van der Waals surface area contributed by atoms with E-state index in [1.807, 2.05) is 6.92 Å². The summed E-state index contributed by atoms with van der Waals surface area (Å²) in [5.74, 6) is -0.0656. The molecule has 3 heteroatoms. The summed E-state index contributed by atoms with van der Waals surface area (Å²) >= 11 is 0. The number of rotatable bonds is 2. The normalized spacial score (nSPS) is 14.8. The number of methoxy groups -OCH3 is 1. The molecule has 0 aromatic carbocycles. The third-order valence-corrected chi connectivity index (χ3v) is 2.72. The minimum Gasteiger partial charge on any atom is -0.469 e. The highest BCUT2D eigenvalue weighted by Gasteiger charge is 2.26. The molecule has 0 N–H and O–H groups in total. The Morgan fingerprint density at radius 2 is 2.00 bits per heavy atom. The summed E-state index contributed by atoms with van der Waals surface area (Å²) in [6.07, 6.45) is 0. The molecule has 0 saturated heterocycles. The molecule has 0 saturated carbocycles. The van der Waals surface area contributed by atoms with Crippen LogP contribution in [-0.4, -0.2) is 23.3 Å². The molecular formula is C7H16O2Si. The lowest BCUT2D eigenvalue weighted by Crippen LogP contribution is -2.24. The summed E-state index contributed by atoms with van der Waals surface area (Å²) in [5, 5.41) is 0.146. The average Bonchev–Trinajstić information content (AvgIpc) is 1.83. The van der Waals surface area contributed by atoms with Crippen molar-refractivity contribution in [3.05, 3.63) is 0 Å². The van der Waals surface area contributed by atoms with E-state index in [1.165, 1.54) is 7.11 Å². The molecule has 0 aromatic rings. The van der Waals surface area contributed by atoms with E-state index >= 15 is 0 Å². The highest BCUT2D eigenvalue weighted by Crippen LogP contribution is 2.30. The predicted octanol–water partition coefficient (Wildman–Crippen LogP) is 0.359. The van der Waals surface area contributed by atoms with Crippen molar-refractivity contribution >= 4 is 16.2 Å². The van der Waals surface area contributed by atoms with Gasteiger partial charge in [-0.3, -0.25) is 4.79 Å². The first-order chi connectivity index (χ1) is 4.39. The third kappa shape index (κ3) is 2.52. The average molecular weight is 160 g/mol. The van der Waals surface area contributed by atoms with E-state index in [-0.39, 0.29) is 16.9 Å². The van der Waals surface area contributed by atoms with E-state index < -0.39 is 0 Å². The topological polar surface area (TPSA) is 26.3 Å². The minimum atomic E-state index is -0.0972. The molecule has 0 spiro atoms. The Bertz CT molecular complexity index is 126. The van der Waals surface area contributed by atoms with Gasteiger partial charge in [0, 0.05) is 10.2 Å². The molecule has 1 atom stereocenters. The van der Waals surface area contributed by atoms with Crippen LogP contribution in [0.1, 0.15) is 20.8 Å². The highest BCUT2D eigenvalue weighted by molar-refractivity contribution is 6.16. The van der Waals surface area contributed by atoms with Crippen molar-refractivity contribution in [1.29, 1.82) is 0 Å². The second kappa shape index (κ2) is 3.19. The van der Waals surface area contributed by atoms with Gasteiger partial charge < -0.3 is 4.74 Å². The van der Waals surface area contributed by atoms with Gasteiger partial charge in [0.15, 0.2) is 0 Å². The Morgan fingerprint density at radius 3 is 2.10 bits per heavy atom.